The number of rotatable bonds is 1. The molecule has 0 spiro atoms. The number of nitrogens with zero attached hydrogens (tertiary/aromatic N) is 3. The van der Waals surface area contributed by atoms with Crippen LogP contribution in [-0.2, 0) is 0 Å². The summed E-state index contributed by atoms with van der Waals surface area (Å²) in [6, 6.07) is 1.85. The summed E-state index contributed by atoms with van der Waals surface area (Å²) in [6.45, 7) is 7.41. The van der Waals surface area contributed by atoms with Gasteiger partial charge in [0.2, 0.25) is 0 Å². The molecule has 1 aromatic heterocycles. The van der Waals surface area contributed by atoms with Gasteiger partial charge in [-0.05, 0) is 33.6 Å². The maximum absolute atomic E-state index is 5.94. The molecule has 0 radical (unpaired) electrons. The topological polar surface area (TPSA) is 29.0 Å². The Morgan fingerprint density at radius 1 is 1.40 bits per heavy atom. The van der Waals surface area contributed by atoms with Crippen molar-refractivity contribution in [1.82, 2.24) is 9.97 Å². The third kappa shape index (κ3) is 2.07. The molecule has 0 aliphatic carbocycles. The van der Waals surface area contributed by atoms with Gasteiger partial charge in [0.15, 0.2) is 0 Å². The molecule has 4 heteroatoms. The van der Waals surface area contributed by atoms with Crippen LogP contribution in [0.2, 0.25) is 5.15 Å². The van der Waals surface area contributed by atoms with Crippen LogP contribution in [0.5, 0.6) is 0 Å². The van der Waals surface area contributed by atoms with E-state index in [1.54, 1.807) is 0 Å². The summed E-state index contributed by atoms with van der Waals surface area (Å²) in [6.07, 6.45) is 2.42. The maximum Gasteiger partial charge on any atom is 0.134 e. The van der Waals surface area contributed by atoms with Gasteiger partial charge in [-0.25, -0.2) is 9.97 Å². The van der Waals surface area contributed by atoms with Crippen LogP contribution in [0.25, 0.3) is 0 Å². The van der Waals surface area contributed by atoms with Gasteiger partial charge in [-0.2, -0.15) is 0 Å². The van der Waals surface area contributed by atoms with Crippen LogP contribution in [0.3, 0.4) is 0 Å². The van der Waals surface area contributed by atoms with Gasteiger partial charge in [-0.1, -0.05) is 11.6 Å². The van der Waals surface area contributed by atoms with Crippen molar-refractivity contribution in [2.24, 2.45) is 0 Å². The highest BCUT2D eigenvalue weighted by molar-refractivity contribution is 6.29. The molecule has 0 unspecified atom stereocenters. The quantitative estimate of drug-likeness (QED) is 0.689. The fourth-order valence-corrected chi connectivity index (χ4v) is 2.41. The van der Waals surface area contributed by atoms with Crippen molar-refractivity contribution in [3.8, 4) is 0 Å². The second-order valence-corrected chi connectivity index (χ2v) is 5.05. The first kappa shape index (κ1) is 10.7. The van der Waals surface area contributed by atoms with Crippen LogP contribution in [0, 0.1) is 6.92 Å². The molecule has 0 atom stereocenters. The molecule has 0 saturated carbocycles. The molecule has 15 heavy (non-hydrogen) atoms. The molecule has 1 aromatic rings. The molecule has 0 amide bonds. The highest BCUT2D eigenvalue weighted by atomic mass is 35.5. The fraction of sp³-hybridized carbons (Fsp3) is 0.636. The molecule has 2 rings (SSSR count). The van der Waals surface area contributed by atoms with Gasteiger partial charge in [0.1, 0.15) is 16.8 Å². The molecule has 1 aliphatic rings. The van der Waals surface area contributed by atoms with E-state index in [0.29, 0.717) is 5.15 Å². The molecular formula is C11H16ClN3. The summed E-state index contributed by atoms with van der Waals surface area (Å²) in [5.41, 5.74) is 0.185. The molecule has 82 valence electrons. The lowest BCUT2D eigenvalue weighted by Crippen LogP contribution is -2.38. The lowest BCUT2D eigenvalue weighted by molar-refractivity contribution is 0.513. The van der Waals surface area contributed by atoms with E-state index in [-0.39, 0.29) is 5.54 Å². The van der Waals surface area contributed by atoms with E-state index in [9.17, 15) is 0 Å². The average molecular weight is 226 g/mol. The Kier molecular flexibility index (Phi) is 2.59. The largest absolute Gasteiger partial charge is 0.351 e. The van der Waals surface area contributed by atoms with Gasteiger partial charge in [-0.3, -0.25) is 0 Å². The molecule has 2 heterocycles. The van der Waals surface area contributed by atoms with Crippen molar-refractivity contribution in [2.75, 3.05) is 11.4 Å². The van der Waals surface area contributed by atoms with Crippen LogP contribution in [0.15, 0.2) is 6.07 Å². The van der Waals surface area contributed by atoms with E-state index in [4.69, 9.17) is 11.6 Å². The minimum absolute atomic E-state index is 0.185. The predicted octanol–water partition coefficient (Wildman–Crippen LogP) is 2.82. The molecular weight excluding hydrogens is 210 g/mol. The number of hydrogen-bond acceptors (Lipinski definition) is 3. The van der Waals surface area contributed by atoms with E-state index < -0.39 is 0 Å². The van der Waals surface area contributed by atoms with Gasteiger partial charge in [0.05, 0.1) is 0 Å². The zero-order valence-electron chi connectivity index (χ0n) is 9.42. The van der Waals surface area contributed by atoms with Crippen LogP contribution >= 0.6 is 11.6 Å². The third-order valence-corrected chi connectivity index (χ3v) is 3.16. The van der Waals surface area contributed by atoms with Crippen LogP contribution in [0.4, 0.5) is 5.82 Å². The summed E-state index contributed by atoms with van der Waals surface area (Å²) in [7, 11) is 0. The minimum Gasteiger partial charge on any atom is -0.351 e. The third-order valence-electron chi connectivity index (χ3n) is 2.97. The van der Waals surface area contributed by atoms with Crippen molar-refractivity contribution in [3.05, 3.63) is 17.0 Å². The highest BCUT2D eigenvalue weighted by Gasteiger charge is 2.32. The smallest absolute Gasteiger partial charge is 0.134 e. The standard InChI is InChI=1S/C11H16ClN3/c1-8-13-9(12)7-10(14-8)15-6-4-5-11(15,2)3/h7H,4-6H2,1-3H3. The molecule has 3 nitrogen and oxygen atoms in total. The second kappa shape index (κ2) is 3.63. The lowest BCUT2D eigenvalue weighted by atomic mass is 10.0. The Labute approximate surface area is 95.5 Å². The maximum atomic E-state index is 5.94. The van der Waals surface area contributed by atoms with Gasteiger partial charge < -0.3 is 4.90 Å². The minimum atomic E-state index is 0.185. The number of aryl methyl sites for hydroxylation is 1. The number of halogens is 1. The van der Waals surface area contributed by atoms with E-state index in [1.807, 2.05) is 13.0 Å². The SMILES string of the molecule is Cc1nc(Cl)cc(N2CCCC2(C)C)n1. The van der Waals surface area contributed by atoms with E-state index >= 15 is 0 Å². The summed E-state index contributed by atoms with van der Waals surface area (Å²) < 4.78 is 0. The van der Waals surface area contributed by atoms with Crippen molar-refractivity contribution < 1.29 is 0 Å². The molecule has 0 N–H and O–H groups in total. The van der Waals surface area contributed by atoms with Crippen molar-refractivity contribution >= 4 is 17.4 Å². The van der Waals surface area contributed by atoms with Crippen molar-refractivity contribution in [3.63, 3.8) is 0 Å². The first-order valence-corrected chi connectivity index (χ1v) is 5.66. The lowest BCUT2D eigenvalue weighted by Gasteiger charge is -2.32. The summed E-state index contributed by atoms with van der Waals surface area (Å²) in [4.78, 5) is 10.8. The normalized spacial score (nSPS) is 19.6. The Morgan fingerprint density at radius 2 is 2.13 bits per heavy atom. The average Bonchev–Trinajstić information content (AvgIpc) is 2.43. The Balaban J connectivity index is 2.37. The Hall–Kier alpha value is -0.830. The van der Waals surface area contributed by atoms with E-state index in [2.05, 4.69) is 28.7 Å². The molecule has 1 fully saturated rings. The van der Waals surface area contributed by atoms with Gasteiger partial charge in [-0.15, -0.1) is 0 Å². The number of hydrogen-bond donors (Lipinski definition) is 0. The molecule has 0 bridgehead atoms. The van der Waals surface area contributed by atoms with E-state index in [1.165, 1.54) is 12.8 Å². The zero-order chi connectivity index (χ0) is 11.1. The van der Waals surface area contributed by atoms with Gasteiger partial charge in [0.25, 0.3) is 0 Å². The first-order valence-electron chi connectivity index (χ1n) is 5.28. The fourth-order valence-electron chi connectivity index (χ4n) is 2.19. The van der Waals surface area contributed by atoms with Crippen LogP contribution < -0.4 is 4.90 Å². The monoisotopic (exact) mass is 225 g/mol. The molecule has 1 aliphatic heterocycles. The highest BCUT2D eigenvalue weighted by Crippen LogP contribution is 2.32. The second-order valence-electron chi connectivity index (χ2n) is 4.66. The Bertz CT molecular complexity index is 356. The Morgan fingerprint density at radius 3 is 2.67 bits per heavy atom. The molecule has 1 saturated heterocycles. The zero-order valence-corrected chi connectivity index (χ0v) is 10.2. The van der Waals surface area contributed by atoms with Crippen LogP contribution in [-0.4, -0.2) is 22.1 Å². The summed E-state index contributed by atoms with van der Waals surface area (Å²) in [5.74, 6) is 1.69. The summed E-state index contributed by atoms with van der Waals surface area (Å²) >= 11 is 5.94. The summed E-state index contributed by atoms with van der Waals surface area (Å²) in [5, 5.41) is 0.528. The van der Waals surface area contributed by atoms with Crippen LogP contribution in [0.1, 0.15) is 32.5 Å². The number of aromatic nitrogens is 2. The predicted molar refractivity (Wildman–Crippen MR) is 62.4 cm³/mol. The van der Waals surface area contributed by atoms with Crippen molar-refractivity contribution in [1.29, 1.82) is 0 Å². The van der Waals surface area contributed by atoms with Crippen molar-refractivity contribution in [2.45, 2.75) is 39.2 Å². The van der Waals surface area contributed by atoms with Gasteiger partial charge >= 0.3 is 0 Å². The number of anilines is 1. The molecule has 0 aromatic carbocycles. The van der Waals surface area contributed by atoms with Gasteiger partial charge in [0, 0.05) is 18.2 Å². The van der Waals surface area contributed by atoms with E-state index in [0.717, 1.165) is 18.2 Å². The first-order chi connectivity index (χ1) is 6.99.